The summed E-state index contributed by atoms with van der Waals surface area (Å²) in [7, 11) is 0. The number of carboxylic acid groups (broad SMARTS) is 1. The molecule has 0 atom stereocenters. The van der Waals surface area contributed by atoms with Gasteiger partial charge in [-0.25, -0.2) is 0 Å². The molecule has 1 rings (SSSR count). The molecule has 1 aromatic carbocycles. The van der Waals surface area contributed by atoms with Gasteiger partial charge in [-0.2, -0.15) is 0 Å². The Bertz CT molecular complexity index is 588. The molecule has 0 heterocycles. The van der Waals surface area contributed by atoms with E-state index in [-0.39, 0.29) is 64.0 Å². The molecule has 1 aromatic rings. The molecule has 0 bridgehead atoms. The molecule has 23 heavy (non-hydrogen) atoms. The number of carbonyl (C=O) groups is 2. The zero-order chi connectivity index (χ0) is 16.7. The fourth-order valence-corrected chi connectivity index (χ4v) is 2.28. The number of hydrogen-bond acceptors (Lipinski definition) is 4. The summed E-state index contributed by atoms with van der Waals surface area (Å²) in [5.74, 6) is -1.07. The molecule has 0 unspecified atom stereocenters. The monoisotopic (exact) mass is 366 g/mol. The first-order valence-electron chi connectivity index (χ1n) is 6.91. The first-order valence-corrected chi connectivity index (χ1v) is 7.67. The number of aliphatic carboxylic acids is 1. The largest absolute Gasteiger partial charge is 1.00 e. The van der Waals surface area contributed by atoms with Crippen molar-refractivity contribution in [2.45, 2.75) is 32.6 Å². The predicted molar refractivity (Wildman–Crippen MR) is 84.6 cm³/mol. The molecule has 0 aliphatic heterocycles. The summed E-state index contributed by atoms with van der Waals surface area (Å²) in [6.45, 7) is 5.87. The molecular weight excluding hydrogens is 350 g/mol. The van der Waals surface area contributed by atoms with E-state index in [0.717, 1.165) is 6.42 Å². The van der Waals surface area contributed by atoms with Crippen LogP contribution < -0.4 is 39.4 Å². The van der Waals surface area contributed by atoms with Crippen LogP contribution in [0.2, 0.25) is 10.0 Å². The van der Waals surface area contributed by atoms with Gasteiger partial charge in [0.25, 0.3) is 0 Å². The second-order valence-electron chi connectivity index (χ2n) is 4.75. The molecule has 0 spiro atoms. The molecule has 4 nitrogen and oxygen atoms in total. The first-order chi connectivity index (χ1) is 10.4. The van der Waals surface area contributed by atoms with Crippen LogP contribution in [0.25, 0.3) is 0 Å². The number of ether oxygens (including phenoxy) is 1. The molecule has 0 amide bonds. The zero-order valence-corrected chi connectivity index (χ0v) is 16.8. The molecule has 0 fully saturated rings. The van der Waals surface area contributed by atoms with E-state index in [1.165, 1.54) is 6.07 Å². The molecule has 7 heteroatoms. The maximum atomic E-state index is 12.2. The number of Topliss-reactive ketones (excluding diaryl/α,β-unsaturated/α-hetero) is 1. The Labute approximate surface area is 168 Å². The molecule has 0 radical (unpaired) electrons. The third-order valence-corrected chi connectivity index (χ3v) is 3.81. The average Bonchev–Trinajstić information content (AvgIpc) is 2.47. The van der Waals surface area contributed by atoms with Gasteiger partial charge < -0.3 is 14.6 Å². The minimum atomic E-state index is -1.14. The Morgan fingerprint density at radius 2 is 1.87 bits per heavy atom. The zero-order valence-electron chi connectivity index (χ0n) is 13.3. The van der Waals surface area contributed by atoms with E-state index in [0.29, 0.717) is 24.2 Å². The number of ketones is 1. The fraction of sp³-hybridized carbons (Fsp3) is 0.375. The fourth-order valence-electron chi connectivity index (χ4n) is 1.82. The SMILES string of the molecule is C=C(CCC)C(=O)c1ccc(OCCCC(=O)[O-])c(Cl)c1Cl.[Na+]. The van der Waals surface area contributed by atoms with Crippen molar-refractivity contribution in [3.63, 3.8) is 0 Å². The van der Waals surface area contributed by atoms with Gasteiger partial charge in [0, 0.05) is 11.5 Å². The maximum absolute atomic E-state index is 12.2. The van der Waals surface area contributed by atoms with Gasteiger partial charge in [-0.15, -0.1) is 0 Å². The van der Waals surface area contributed by atoms with Crippen molar-refractivity contribution in [3.8, 4) is 5.75 Å². The van der Waals surface area contributed by atoms with Crippen LogP contribution >= 0.6 is 23.2 Å². The second kappa shape index (κ2) is 11.1. The van der Waals surface area contributed by atoms with Crippen LogP contribution in [0.15, 0.2) is 24.3 Å². The van der Waals surface area contributed by atoms with Gasteiger partial charge in [-0.05, 0) is 37.0 Å². The van der Waals surface area contributed by atoms with Crippen LogP contribution in [0.1, 0.15) is 43.0 Å². The maximum Gasteiger partial charge on any atom is 1.00 e. The number of allylic oxidation sites excluding steroid dienone is 1. The number of benzene rings is 1. The van der Waals surface area contributed by atoms with Crippen LogP contribution in [0.3, 0.4) is 0 Å². The summed E-state index contributed by atoms with van der Waals surface area (Å²) in [5.41, 5.74) is 0.760. The smallest absolute Gasteiger partial charge is 0.550 e. The molecule has 0 aromatic heterocycles. The molecule has 0 saturated carbocycles. The van der Waals surface area contributed by atoms with Crippen molar-refractivity contribution < 1.29 is 49.0 Å². The van der Waals surface area contributed by atoms with E-state index in [1.54, 1.807) is 6.07 Å². The van der Waals surface area contributed by atoms with Crippen LogP contribution in [0.5, 0.6) is 5.75 Å². The van der Waals surface area contributed by atoms with E-state index in [2.05, 4.69) is 6.58 Å². The second-order valence-corrected chi connectivity index (χ2v) is 5.50. The van der Waals surface area contributed by atoms with Gasteiger partial charge in [0.2, 0.25) is 0 Å². The summed E-state index contributed by atoms with van der Waals surface area (Å²) >= 11 is 12.2. The van der Waals surface area contributed by atoms with Crippen LogP contribution in [0, 0.1) is 0 Å². The number of carboxylic acids is 1. The van der Waals surface area contributed by atoms with E-state index in [9.17, 15) is 14.7 Å². The average molecular weight is 367 g/mol. The summed E-state index contributed by atoms with van der Waals surface area (Å²) in [4.78, 5) is 22.5. The predicted octanol–water partition coefficient (Wildman–Crippen LogP) is 0.445. The summed E-state index contributed by atoms with van der Waals surface area (Å²) in [6, 6.07) is 3.07. The van der Waals surface area contributed by atoms with E-state index >= 15 is 0 Å². The van der Waals surface area contributed by atoms with Gasteiger partial charge in [0.1, 0.15) is 10.8 Å². The van der Waals surface area contributed by atoms with E-state index < -0.39 is 5.97 Å². The Morgan fingerprint density at radius 1 is 1.22 bits per heavy atom. The molecular formula is C16H17Cl2NaO4. The molecule has 0 aliphatic carbocycles. The normalized spacial score (nSPS) is 9.87. The number of carbonyl (C=O) groups excluding carboxylic acids is 2. The van der Waals surface area contributed by atoms with E-state index in [4.69, 9.17) is 27.9 Å². The van der Waals surface area contributed by atoms with Crippen molar-refractivity contribution >= 4 is 35.0 Å². The van der Waals surface area contributed by atoms with Crippen molar-refractivity contribution in [2.75, 3.05) is 6.61 Å². The number of hydrogen-bond donors (Lipinski definition) is 0. The third-order valence-electron chi connectivity index (χ3n) is 2.95. The minimum absolute atomic E-state index is 0. The van der Waals surface area contributed by atoms with Crippen LogP contribution in [-0.2, 0) is 4.79 Å². The summed E-state index contributed by atoms with van der Waals surface area (Å²) in [5, 5.41) is 10.6. The molecule has 0 saturated heterocycles. The van der Waals surface area contributed by atoms with Crippen LogP contribution in [0.4, 0.5) is 0 Å². The van der Waals surface area contributed by atoms with Gasteiger partial charge >= 0.3 is 29.6 Å². The summed E-state index contributed by atoms with van der Waals surface area (Å²) in [6.07, 6.45) is 1.60. The van der Waals surface area contributed by atoms with Gasteiger partial charge in [0.05, 0.1) is 11.6 Å². The van der Waals surface area contributed by atoms with Crippen molar-refractivity contribution in [3.05, 3.63) is 39.9 Å². The van der Waals surface area contributed by atoms with Gasteiger partial charge in [-0.1, -0.05) is 43.1 Å². The Morgan fingerprint density at radius 3 is 2.43 bits per heavy atom. The quantitative estimate of drug-likeness (QED) is 0.275. The van der Waals surface area contributed by atoms with Crippen molar-refractivity contribution in [1.29, 1.82) is 0 Å². The summed E-state index contributed by atoms with van der Waals surface area (Å²) < 4.78 is 5.37. The number of rotatable bonds is 9. The third kappa shape index (κ3) is 6.86. The molecule has 0 aliphatic rings. The Balaban J connectivity index is 0.00000484. The van der Waals surface area contributed by atoms with Crippen molar-refractivity contribution in [1.82, 2.24) is 0 Å². The molecule has 120 valence electrons. The van der Waals surface area contributed by atoms with Crippen molar-refractivity contribution in [2.24, 2.45) is 0 Å². The first kappa shape index (κ1) is 22.5. The van der Waals surface area contributed by atoms with Crippen LogP contribution in [-0.4, -0.2) is 18.4 Å². The van der Waals surface area contributed by atoms with E-state index in [1.807, 2.05) is 6.92 Å². The topological polar surface area (TPSA) is 66.4 Å². The van der Waals surface area contributed by atoms with Gasteiger partial charge in [-0.3, -0.25) is 4.79 Å². The number of halogens is 2. The van der Waals surface area contributed by atoms with Gasteiger partial charge in [0.15, 0.2) is 5.78 Å². The Hall–Kier alpha value is -0.520. The standard InChI is InChI=1S/C16H18Cl2O4.Na/c1-3-5-10(2)16(21)11-7-8-12(15(18)14(11)17)22-9-4-6-13(19)20;/h7-8H,2-6,9H2,1H3,(H,19,20);/q;+1/p-1. The molecule has 0 N–H and O–H groups in total. The Kier molecular flexibility index (Phi) is 10.9. The minimum Gasteiger partial charge on any atom is -0.550 e.